The van der Waals surface area contributed by atoms with Gasteiger partial charge in [-0.25, -0.2) is 0 Å². The predicted molar refractivity (Wildman–Crippen MR) is 113 cm³/mol. The molecule has 2 aromatic carbocycles. The van der Waals surface area contributed by atoms with E-state index in [9.17, 15) is 5.53 Å². The molecule has 122 valence electrons. The topological polar surface area (TPSA) is 36.4 Å². The van der Waals surface area contributed by atoms with Crippen LogP contribution in [0.3, 0.4) is 0 Å². The van der Waals surface area contributed by atoms with E-state index >= 15 is 0 Å². The van der Waals surface area contributed by atoms with Gasteiger partial charge in [0.2, 0.25) is 0 Å². The second kappa shape index (κ2) is 7.68. The second-order valence-electron chi connectivity index (χ2n) is 5.25. The normalized spacial score (nSPS) is 10.2. The van der Waals surface area contributed by atoms with Gasteiger partial charge in [0.25, 0.3) is 0 Å². The van der Waals surface area contributed by atoms with Gasteiger partial charge < -0.3 is 5.53 Å². The lowest BCUT2D eigenvalue weighted by atomic mass is 9.92. The first kappa shape index (κ1) is 19.6. The molecule has 0 saturated carbocycles. The summed E-state index contributed by atoms with van der Waals surface area (Å²) in [5, 5.41) is 0. The maximum Gasteiger partial charge on any atom is 0.332 e. The lowest BCUT2D eigenvalue weighted by Gasteiger charge is -2.15. The Morgan fingerprint density at radius 2 is 1.46 bits per heavy atom. The van der Waals surface area contributed by atoms with Crippen molar-refractivity contribution in [1.29, 1.82) is 0 Å². The van der Waals surface area contributed by atoms with Crippen LogP contribution in [0.5, 0.6) is 0 Å². The quantitative estimate of drug-likeness (QED) is 0.165. The third-order valence-electron chi connectivity index (χ3n) is 3.89. The van der Waals surface area contributed by atoms with Crippen molar-refractivity contribution < 1.29 is 4.79 Å². The molecule has 0 unspecified atom stereocenters. The minimum atomic E-state index is 0.447. The zero-order valence-electron chi connectivity index (χ0n) is 13.1. The first-order valence-corrected chi connectivity index (χ1v) is 10.1. The summed E-state index contributed by atoms with van der Waals surface area (Å²) in [5.74, 6) is 2.63. The number of hydrogen-bond acceptors (Lipinski definition) is 0. The van der Waals surface area contributed by atoms with Crippen LogP contribution in [0.25, 0.3) is 5.53 Å². The summed E-state index contributed by atoms with van der Waals surface area (Å²) in [5.41, 5.74) is 15.6. The van der Waals surface area contributed by atoms with E-state index in [0.717, 1.165) is 35.7 Å². The molecule has 0 radical (unpaired) electrons. The maximum absolute atomic E-state index is 9.81. The molecule has 2 rings (SSSR count). The molecule has 0 aromatic heterocycles. The van der Waals surface area contributed by atoms with Crippen molar-refractivity contribution in [2.45, 2.75) is 20.8 Å². The van der Waals surface area contributed by atoms with Gasteiger partial charge in [-0.05, 0) is 81.5 Å². The summed E-state index contributed by atoms with van der Waals surface area (Å²) in [6.45, 7) is 6.01. The van der Waals surface area contributed by atoms with Gasteiger partial charge in [-0.1, -0.05) is 37.8 Å². The largest absolute Gasteiger partial charge is 0.361 e. The summed E-state index contributed by atoms with van der Waals surface area (Å²) < 4.78 is 3.43. The fourth-order valence-corrected chi connectivity index (χ4v) is 5.11. The highest BCUT2D eigenvalue weighted by atomic mass is 79.9. The highest BCUT2D eigenvalue weighted by Gasteiger charge is 2.29. The van der Waals surface area contributed by atoms with Crippen molar-refractivity contribution in [1.82, 2.24) is 0 Å². The molecule has 6 heteroatoms. The third-order valence-corrected chi connectivity index (χ3v) is 7.75. The molecule has 0 heterocycles. The summed E-state index contributed by atoms with van der Waals surface area (Å²) >= 11 is 14.3. The zero-order chi connectivity index (χ0) is 18.2. The standard InChI is InChI=1S/C18H12Br4N2/c1-5-11-6-7-12(19)14(17(11)22)18(24-23)13-8(2)15(20)10(4)16(21)9(13)3/h1,6-7H,2-4H3. The summed E-state index contributed by atoms with van der Waals surface area (Å²) in [6, 6.07) is 3.68. The number of nitrogens with zero attached hydrogens (tertiary/aromatic N) is 2. The van der Waals surface area contributed by atoms with E-state index in [4.69, 9.17) is 6.42 Å². The maximum atomic E-state index is 9.81. The van der Waals surface area contributed by atoms with Crippen LogP contribution >= 0.6 is 63.7 Å². The SMILES string of the molecule is C#Cc1ccc(Br)c(C(=[N+]=[N-])c2c(C)c(Br)c(C)c(Br)c2C)c1Br. The first-order chi connectivity index (χ1) is 11.3. The van der Waals surface area contributed by atoms with Gasteiger partial charge in [-0.2, -0.15) is 4.79 Å². The molecule has 2 nitrogen and oxygen atoms in total. The fraction of sp³-hybridized carbons (Fsp3) is 0.167. The van der Waals surface area contributed by atoms with E-state index in [2.05, 4.69) is 74.4 Å². The van der Waals surface area contributed by atoms with E-state index in [-0.39, 0.29) is 0 Å². The minimum Gasteiger partial charge on any atom is -0.361 e. The molecule has 0 atom stereocenters. The van der Waals surface area contributed by atoms with Crippen LogP contribution in [-0.4, -0.2) is 10.5 Å². The Bertz CT molecular complexity index is 920. The Morgan fingerprint density at radius 1 is 0.917 bits per heavy atom. The Morgan fingerprint density at radius 3 is 1.92 bits per heavy atom. The van der Waals surface area contributed by atoms with Crippen molar-refractivity contribution in [2.75, 3.05) is 0 Å². The lowest BCUT2D eigenvalue weighted by Crippen LogP contribution is -2.13. The summed E-state index contributed by atoms with van der Waals surface area (Å²) in [7, 11) is 0. The molecule has 2 aromatic rings. The first-order valence-electron chi connectivity index (χ1n) is 6.88. The van der Waals surface area contributed by atoms with E-state index in [1.807, 2.05) is 32.9 Å². The fourth-order valence-electron chi connectivity index (χ4n) is 2.62. The van der Waals surface area contributed by atoms with Crippen LogP contribution in [0.2, 0.25) is 0 Å². The molecule has 0 aliphatic heterocycles. The van der Waals surface area contributed by atoms with E-state index in [1.165, 1.54) is 0 Å². The lowest BCUT2D eigenvalue weighted by molar-refractivity contribution is -0.00299. The number of terminal acetylenes is 1. The highest BCUT2D eigenvalue weighted by Crippen LogP contribution is 2.38. The minimum absolute atomic E-state index is 0.447. The molecule has 0 N–H and O–H groups in total. The van der Waals surface area contributed by atoms with Crippen LogP contribution in [0.15, 0.2) is 30.0 Å². The molecule has 0 bridgehead atoms. The second-order valence-corrected chi connectivity index (χ2v) is 8.49. The van der Waals surface area contributed by atoms with E-state index < -0.39 is 0 Å². The van der Waals surface area contributed by atoms with Crippen LogP contribution in [0.4, 0.5) is 0 Å². The van der Waals surface area contributed by atoms with Gasteiger partial charge in [-0.3, -0.25) is 0 Å². The summed E-state index contributed by atoms with van der Waals surface area (Å²) in [4.78, 5) is 3.61. The van der Waals surface area contributed by atoms with Gasteiger partial charge in [-0.15, -0.1) is 6.42 Å². The van der Waals surface area contributed by atoms with Crippen LogP contribution < -0.4 is 0 Å². The molecule has 0 fully saturated rings. The molecular formula is C18H12Br4N2. The average molecular weight is 576 g/mol. The van der Waals surface area contributed by atoms with Gasteiger partial charge in [0.1, 0.15) is 0 Å². The molecule has 0 aliphatic carbocycles. The van der Waals surface area contributed by atoms with Gasteiger partial charge >= 0.3 is 5.71 Å². The van der Waals surface area contributed by atoms with Crippen molar-refractivity contribution in [3.63, 3.8) is 0 Å². The zero-order valence-corrected chi connectivity index (χ0v) is 19.5. The average Bonchev–Trinajstić information content (AvgIpc) is 2.57. The van der Waals surface area contributed by atoms with Crippen LogP contribution in [-0.2, 0) is 0 Å². The van der Waals surface area contributed by atoms with E-state index in [0.29, 0.717) is 21.3 Å². The Hall–Kier alpha value is -0.700. The summed E-state index contributed by atoms with van der Waals surface area (Å²) in [6.07, 6.45) is 5.57. The third kappa shape index (κ3) is 3.21. The van der Waals surface area contributed by atoms with Crippen molar-refractivity contribution in [3.05, 3.63) is 68.9 Å². The molecule has 0 amide bonds. The number of benzene rings is 2. The molecule has 24 heavy (non-hydrogen) atoms. The number of hydrogen-bond donors (Lipinski definition) is 0. The molecular weight excluding hydrogens is 564 g/mol. The van der Waals surface area contributed by atoms with E-state index in [1.54, 1.807) is 0 Å². The van der Waals surface area contributed by atoms with Crippen LogP contribution in [0.1, 0.15) is 33.4 Å². The Balaban J connectivity index is 2.93. The monoisotopic (exact) mass is 572 g/mol. The predicted octanol–water partition coefficient (Wildman–Crippen LogP) is 6.71. The number of halogens is 4. The van der Waals surface area contributed by atoms with Gasteiger partial charge in [0, 0.05) is 23.5 Å². The molecule has 0 saturated heterocycles. The highest BCUT2D eigenvalue weighted by molar-refractivity contribution is 9.11. The Labute approximate surface area is 175 Å². The van der Waals surface area contributed by atoms with Gasteiger partial charge in [0.05, 0.1) is 11.1 Å². The Kier molecular flexibility index (Phi) is 6.28. The van der Waals surface area contributed by atoms with Gasteiger partial charge in [0.15, 0.2) is 0 Å². The molecule has 0 aliphatic rings. The number of rotatable bonds is 2. The van der Waals surface area contributed by atoms with Crippen molar-refractivity contribution >= 4 is 69.4 Å². The smallest absolute Gasteiger partial charge is 0.332 e. The van der Waals surface area contributed by atoms with Crippen molar-refractivity contribution in [2.24, 2.45) is 0 Å². The molecule has 0 spiro atoms. The van der Waals surface area contributed by atoms with Crippen LogP contribution in [0, 0.1) is 33.1 Å². The van der Waals surface area contributed by atoms with Crippen molar-refractivity contribution in [3.8, 4) is 12.3 Å².